The molecular formula is C12H21NO. The summed E-state index contributed by atoms with van der Waals surface area (Å²) in [6.07, 6.45) is 8.61. The van der Waals surface area contributed by atoms with E-state index in [9.17, 15) is 4.79 Å². The van der Waals surface area contributed by atoms with Crippen LogP contribution >= 0.6 is 0 Å². The second kappa shape index (κ2) is 4.01. The van der Waals surface area contributed by atoms with Gasteiger partial charge in [0.25, 0.3) is 0 Å². The molecular weight excluding hydrogens is 174 g/mol. The third-order valence-electron chi connectivity index (χ3n) is 4.05. The fraction of sp³-hybridized carbons (Fsp3) is 0.917. The van der Waals surface area contributed by atoms with E-state index in [1.807, 2.05) is 0 Å². The summed E-state index contributed by atoms with van der Waals surface area (Å²) >= 11 is 0. The van der Waals surface area contributed by atoms with Crippen LogP contribution in [0.25, 0.3) is 0 Å². The number of hydrogen-bond acceptors (Lipinski definition) is 2. The van der Waals surface area contributed by atoms with Crippen molar-refractivity contribution in [3.63, 3.8) is 0 Å². The maximum Gasteiger partial charge on any atom is 0.150 e. The van der Waals surface area contributed by atoms with Crippen LogP contribution in [0.15, 0.2) is 0 Å². The van der Waals surface area contributed by atoms with E-state index in [2.05, 4.69) is 4.90 Å². The minimum atomic E-state index is -0.0469. The minimum Gasteiger partial charge on any atom is -0.298 e. The molecule has 2 fully saturated rings. The fourth-order valence-corrected chi connectivity index (χ4v) is 3.17. The standard InChI is InChI=1S/C12H21NO/c1-11(14)12(7-3-2-4-8-12)13-9-5-6-10-13/h2-10H2,1H3. The molecule has 1 aliphatic heterocycles. The van der Waals surface area contributed by atoms with Crippen LogP contribution in [0.4, 0.5) is 0 Å². The van der Waals surface area contributed by atoms with Crippen molar-refractivity contribution in [3.05, 3.63) is 0 Å². The molecule has 2 nitrogen and oxygen atoms in total. The number of likely N-dealkylation sites (tertiary alicyclic amines) is 1. The first-order valence-corrected chi connectivity index (χ1v) is 6.02. The average molecular weight is 195 g/mol. The Morgan fingerprint density at radius 3 is 2.07 bits per heavy atom. The molecule has 14 heavy (non-hydrogen) atoms. The summed E-state index contributed by atoms with van der Waals surface area (Å²) in [5.74, 6) is 0.416. The Balaban J connectivity index is 2.15. The number of carbonyl (C=O) groups excluding carboxylic acids is 1. The van der Waals surface area contributed by atoms with Gasteiger partial charge in [-0.3, -0.25) is 9.69 Å². The summed E-state index contributed by atoms with van der Waals surface area (Å²) < 4.78 is 0. The SMILES string of the molecule is CC(=O)C1(N2CCCC2)CCCCC1. The van der Waals surface area contributed by atoms with Crippen molar-refractivity contribution in [2.75, 3.05) is 13.1 Å². The van der Waals surface area contributed by atoms with Crippen LogP contribution < -0.4 is 0 Å². The average Bonchev–Trinajstić information content (AvgIpc) is 2.72. The molecule has 2 rings (SSSR count). The van der Waals surface area contributed by atoms with Gasteiger partial charge in [-0.15, -0.1) is 0 Å². The molecule has 0 aromatic rings. The molecule has 0 N–H and O–H groups in total. The predicted octanol–water partition coefficient (Wildman–Crippen LogP) is 2.37. The summed E-state index contributed by atoms with van der Waals surface area (Å²) in [6, 6.07) is 0. The molecule has 0 spiro atoms. The van der Waals surface area contributed by atoms with E-state index < -0.39 is 0 Å². The molecule has 80 valence electrons. The van der Waals surface area contributed by atoms with Gasteiger partial charge in [-0.25, -0.2) is 0 Å². The van der Waals surface area contributed by atoms with Crippen LogP contribution in [0.5, 0.6) is 0 Å². The number of rotatable bonds is 2. The largest absolute Gasteiger partial charge is 0.298 e. The van der Waals surface area contributed by atoms with Gasteiger partial charge in [-0.1, -0.05) is 19.3 Å². The van der Waals surface area contributed by atoms with Crippen molar-refractivity contribution < 1.29 is 4.79 Å². The predicted molar refractivity (Wildman–Crippen MR) is 57.3 cm³/mol. The second-order valence-electron chi connectivity index (χ2n) is 4.84. The Morgan fingerprint density at radius 1 is 1.00 bits per heavy atom. The van der Waals surface area contributed by atoms with E-state index in [0.717, 1.165) is 25.9 Å². The summed E-state index contributed by atoms with van der Waals surface area (Å²) in [4.78, 5) is 14.3. The Labute approximate surface area is 86.7 Å². The topological polar surface area (TPSA) is 20.3 Å². The van der Waals surface area contributed by atoms with Crippen LogP contribution in [0.1, 0.15) is 51.9 Å². The molecule has 1 aliphatic carbocycles. The van der Waals surface area contributed by atoms with Gasteiger partial charge in [0.1, 0.15) is 5.78 Å². The highest BCUT2D eigenvalue weighted by Gasteiger charge is 2.42. The third-order valence-corrected chi connectivity index (χ3v) is 4.05. The molecule has 0 aromatic carbocycles. The van der Waals surface area contributed by atoms with Crippen molar-refractivity contribution >= 4 is 5.78 Å². The lowest BCUT2D eigenvalue weighted by Crippen LogP contribution is -2.53. The van der Waals surface area contributed by atoms with Crippen LogP contribution in [-0.2, 0) is 4.79 Å². The van der Waals surface area contributed by atoms with Crippen LogP contribution in [0.3, 0.4) is 0 Å². The smallest absolute Gasteiger partial charge is 0.150 e. The number of Topliss-reactive ketones (excluding diaryl/α,β-unsaturated/α-hetero) is 1. The Hall–Kier alpha value is -0.370. The van der Waals surface area contributed by atoms with Crippen molar-refractivity contribution in [2.45, 2.75) is 57.4 Å². The zero-order valence-electron chi connectivity index (χ0n) is 9.22. The van der Waals surface area contributed by atoms with E-state index >= 15 is 0 Å². The second-order valence-corrected chi connectivity index (χ2v) is 4.84. The van der Waals surface area contributed by atoms with E-state index in [-0.39, 0.29) is 5.54 Å². The first-order chi connectivity index (χ1) is 6.76. The highest BCUT2D eigenvalue weighted by molar-refractivity contribution is 5.86. The highest BCUT2D eigenvalue weighted by Crippen LogP contribution is 2.36. The third kappa shape index (κ3) is 1.60. The molecule has 0 bridgehead atoms. The van der Waals surface area contributed by atoms with Crippen molar-refractivity contribution in [1.29, 1.82) is 0 Å². The lowest BCUT2D eigenvalue weighted by atomic mass is 9.78. The Morgan fingerprint density at radius 2 is 1.57 bits per heavy atom. The first kappa shape index (κ1) is 10.2. The van der Waals surface area contributed by atoms with Crippen LogP contribution in [0.2, 0.25) is 0 Å². The van der Waals surface area contributed by atoms with Gasteiger partial charge in [0.15, 0.2) is 0 Å². The molecule has 0 aromatic heterocycles. The lowest BCUT2D eigenvalue weighted by molar-refractivity contribution is -0.130. The maximum absolute atomic E-state index is 11.9. The minimum absolute atomic E-state index is 0.0469. The zero-order chi connectivity index (χ0) is 10.0. The molecule has 0 atom stereocenters. The molecule has 0 radical (unpaired) electrons. The van der Waals surface area contributed by atoms with Gasteiger partial charge >= 0.3 is 0 Å². The molecule has 1 saturated carbocycles. The van der Waals surface area contributed by atoms with Gasteiger partial charge in [0.2, 0.25) is 0 Å². The number of hydrogen-bond donors (Lipinski definition) is 0. The monoisotopic (exact) mass is 195 g/mol. The van der Waals surface area contributed by atoms with Gasteiger partial charge in [0.05, 0.1) is 5.54 Å². The first-order valence-electron chi connectivity index (χ1n) is 6.02. The van der Waals surface area contributed by atoms with Crippen molar-refractivity contribution in [3.8, 4) is 0 Å². The summed E-state index contributed by atoms with van der Waals surface area (Å²) in [5, 5.41) is 0. The summed E-state index contributed by atoms with van der Waals surface area (Å²) in [5.41, 5.74) is -0.0469. The van der Waals surface area contributed by atoms with E-state index in [0.29, 0.717) is 5.78 Å². The molecule has 0 unspecified atom stereocenters. The number of nitrogens with zero attached hydrogens (tertiary/aromatic N) is 1. The fourth-order valence-electron chi connectivity index (χ4n) is 3.17. The van der Waals surface area contributed by atoms with Crippen LogP contribution in [0, 0.1) is 0 Å². The van der Waals surface area contributed by atoms with E-state index in [1.165, 1.54) is 32.1 Å². The van der Waals surface area contributed by atoms with Crippen molar-refractivity contribution in [2.24, 2.45) is 0 Å². The summed E-state index contributed by atoms with van der Waals surface area (Å²) in [6.45, 7) is 4.10. The quantitative estimate of drug-likeness (QED) is 0.674. The molecule has 1 saturated heterocycles. The number of ketones is 1. The van der Waals surface area contributed by atoms with Crippen LogP contribution in [-0.4, -0.2) is 29.3 Å². The molecule has 2 aliphatic rings. The summed E-state index contributed by atoms with van der Waals surface area (Å²) in [7, 11) is 0. The highest BCUT2D eigenvalue weighted by atomic mass is 16.1. The van der Waals surface area contributed by atoms with Gasteiger partial charge in [0, 0.05) is 0 Å². The number of carbonyl (C=O) groups is 1. The zero-order valence-corrected chi connectivity index (χ0v) is 9.22. The van der Waals surface area contributed by atoms with Gasteiger partial charge in [-0.2, -0.15) is 0 Å². The lowest BCUT2D eigenvalue weighted by Gasteiger charge is -2.42. The van der Waals surface area contributed by atoms with Crippen molar-refractivity contribution in [1.82, 2.24) is 4.90 Å². The van der Waals surface area contributed by atoms with Gasteiger partial charge < -0.3 is 0 Å². The maximum atomic E-state index is 11.9. The normalized spacial score (nSPS) is 27.8. The molecule has 2 heteroatoms. The molecule has 1 heterocycles. The van der Waals surface area contributed by atoms with E-state index in [1.54, 1.807) is 6.92 Å². The Bertz CT molecular complexity index is 212. The van der Waals surface area contributed by atoms with E-state index in [4.69, 9.17) is 0 Å². The Kier molecular flexibility index (Phi) is 2.91. The molecule has 0 amide bonds. The van der Waals surface area contributed by atoms with Gasteiger partial charge in [-0.05, 0) is 45.7 Å².